The SMILES string of the molecule is O=C(/C=C/c1cn(-c2ccccc2)nc1-c1ccc(F)cc1)NCc1cn2c(n1)CCCC2. The Morgan fingerprint density at radius 2 is 1.88 bits per heavy atom. The van der Waals surface area contributed by atoms with Crippen molar-refractivity contribution in [3.63, 3.8) is 0 Å². The van der Waals surface area contributed by atoms with Crippen molar-refractivity contribution in [2.24, 2.45) is 0 Å². The normalized spacial score (nSPS) is 13.2. The van der Waals surface area contributed by atoms with Crippen LogP contribution in [0.25, 0.3) is 23.0 Å². The topological polar surface area (TPSA) is 64.7 Å². The lowest BCUT2D eigenvalue weighted by Gasteiger charge is -2.11. The van der Waals surface area contributed by atoms with Gasteiger partial charge in [-0.3, -0.25) is 4.79 Å². The molecule has 1 N–H and O–H groups in total. The van der Waals surface area contributed by atoms with Gasteiger partial charge in [0.05, 0.1) is 23.6 Å². The highest BCUT2D eigenvalue weighted by Gasteiger charge is 2.13. The first kappa shape index (κ1) is 20.9. The lowest BCUT2D eigenvalue weighted by atomic mass is 10.1. The number of aryl methyl sites for hydroxylation is 2. The molecule has 4 aromatic rings. The lowest BCUT2D eigenvalue weighted by Crippen LogP contribution is -2.20. The van der Waals surface area contributed by atoms with Crippen LogP contribution in [0.4, 0.5) is 4.39 Å². The molecule has 6 nitrogen and oxygen atoms in total. The highest BCUT2D eigenvalue weighted by atomic mass is 19.1. The van der Waals surface area contributed by atoms with E-state index in [1.807, 2.05) is 42.7 Å². The molecule has 0 spiro atoms. The number of halogens is 1. The van der Waals surface area contributed by atoms with E-state index in [1.54, 1.807) is 22.9 Å². The minimum absolute atomic E-state index is 0.210. The maximum absolute atomic E-state index is 13.4. The summed E-state index contributed by atoms with van der Waals surface area (Å²) in [7, 11) is 0. The summed E-state index contributed by atoms with van der Waals surface area (Å²) in [4.78, 5) is 17.1. The summed E-state index contributed by atoms with van der Waals surface area (Å²) < 4.78 is 17.4. The molecule has 0 saturated carbocycles. The van der Waals surface area contributed by atoms with Crippen LogP contribution in [0, 0.1) is 5.82 Å². The van der Waals surface area contributed by atoms with Gasteiger partial charge in [-0.15, -0.1) is 0 Å². The summed E-state index contributed by atoms with van der Waals surface area (Å²) >= 11 is 0. The van der Waals surface area contributed by atoms with Gasteiger partial charge >= 0.3 is 0 Å². The Labute approximate surface area is 191 Å². The molecule has 5 rings (SSSR count). The molecular weight excluding hydrogens is 417 g/mol. The number of hydrogen-bond acceptors (Lipinski definition) is 3. The fraction of sp³-hybridized carbons (Fsp3) is 0.192. The van der Waals surface area contributed by atoms with Gasteiger partial charge in [0.25, 0.3) is 0 Å². The maximum Gasteiger partial charge on any atom is 0.244 e. The number of fused-ring (bicyclic) bond motifs is 1. The highest BCUT2D eigenvalue weighted by molar-refractivity contribution is 5.92. The number of carbonyl (C=O) groups excluding carboxylic acids is 1. The molecular formula is C26H24FN5O. The number of hydrogen-bond donors (Lipinski definition) is 1. The van der Waals surface area contributed by atoms with E-state index in [9.17, 15) is 9.18 Å². The van der Waals surface area contributed by atoms with E-state index in [-0.39, 0.29) is 11.7 Å². The van der Waals surface area contributed by atoms with Gasteiger partial charge in [0, 0.05) is 42.6 Å². The van der Waals surface area contributed by atoms with Crippen LogP contribution in [0.3, 0.4) is 0 Å². The Hall–Kier alpha value is -4.00. The third-order valence-electron chi connectivity index (χ3n) is 5.70. The molecule has 0 radical (unpaired) electrons. The Morgan fingerprint density at radius 1 is 1.06 bits per heavy atom. The Morgan fingerprint density at radius 3 is 2.67 bits per heavy atom. The summed E-state index contributed by atoms with van der Waals surface area (Å²) in [6, 6.07) is 15.9. The van der Waals surface area contributed by atoms with E-state index >= 15 is 0 Å². The van der Waals surface area contributed by atoms with Gasteiger partial charge in [-0.1, -0.05) is 18.2 Å². The third-order valence-corrected chi connectivity index (χ3v) is 5.70. The number of amides is 1. The Bertz CT molecular complexity index is 1260. The van der Waals surface area contributed by atoms with Gasteiger partial charge in [0.1, 0.15) is 11.6 Å². The summed E-state index contributed by atoms with van der Waals surface area (Å²) in [5.74, 6) is 0.579. The average molecular weight is 442 g/mol. The number of rotatable bonds is 6. The number of aromatic nitrogens is 4. The second-order valence-corrected chi connectivity index (χ2v) is 8.07. The second-order valence-electron chi connectivity index (χ2n) is 8.07. The van der Waals surface area contributed by atoms with Crippen LogP contribution in [-0.4, -0.2) is 25.2 Å². The number of benzene rings is 2. The van der Waals surface area contributed by atoms with Gasteiger partial charge in [0.15, 0.2) is 0 Å². The van der Waals surface area contributed by atoms with Crippen LogP contribution in [-0.2, 0) is 24.3 Å². The van der Waals surface area contributed by atoms with E-state index in [1.165, 1.54) is 31.1 Å². The molecule has 0 unspecified atom stereocenters. The molecule has 166 valence electrons. The molecule has 1 aliphatic heterocycles. The summed E-state index contributed by atoms with van der Waals surface area (Å²) in [6.07, 6.45) is 10.4. The summed E-state index contributed by atoms with van der Waals surface area (Å²) in [5.41, 5.74) is 3.98. The number of imidazole rings is 1. The molecule has 7 heteroatoms. The molecule has 2 aromatic heterocycles. The zero-order valence-electron chi connectivity index (χ0n) is 18.1. The first-order chi connectivity index (χ1) is 16.2. The Kier molecular flexibility index (Phi) is 5.85. The standard InChI is InChI=1S/C26H24FN5O/c27-21-12-9-19(10-13-21)26-20(17-32(30-26)23-6-2-1-3-7-23)11-14-25(33)28-16-22-18-31-15-5-4-8-24(31)29-22/h1-3,6-7,9-14,17-18H,4-5,8,15-16H2,(H,28,33)/b14-11+. The van der Waals surface area contributed by atoms with Crippen molar-refractivity contribution < 1.29 is 9.18 Å². The van der Waals surface area contributed by atoms with E-state index in [2.05, 4.69) is 20.0 Å². The highest BCUT2D eigenvalue weighted by Crippen LogP contribution is 2.25. The number of carbonyl (C=O) groups is 1. The van der Waals surface area contributed by atoms with Crippen molar-refractivity contribution in [1.82, 2.24) is 24.6 Å². The van der Waals surface area contributed by atoms with E-state index in [0.29, 0.717) is 12.2 Å². The molecule has 0 saturated heterocycles. The van der Waals surface area contributed by atoms with Crippen molar-refractivity contribution in [1.29, 1.82) is 0 Å². The molecule has 0 aliphatic carbocycles. The van der Waals surface area contributed by atoms with Crippen molar-refractivity contribution in [2.45, 2.75) is 32.4 Å². The third kappa shape index (κ3) is 4.77. The van der Waals surface area contributed by atoms with Crippen LogP contribution in [0.2, 0.25) is 0 Å². The molecule has 0 fully saturated rings. The van der Waals surface area contributed by atoms with Crippen LogP contribution in [0.15, 0.2) is 73.1 Å². The largest absolute Gasteiger partial charge is 0.347 e. The predicted molar refractivity (Wildman–Crippen MR) is 125 cm³/mol. The van der Waals surface area contributed by atoms with Crippen LogP contribution in [0.1, 0.15) is 29.9 Å². The van der Waals surface area contributed by atoms with Crippen LogP contribution < -0.4 is 5.32 Å². The number of nitrogens with one attached hydrogen (secondary N) is 1. The minimum Gasteiger partial charge on any atom is -0.347 e. The fourth-order valence-electron chi connectivity index (χ4n) is 4.01. The summed E-state index contributed by atoms with van der Waals surface area (Å²) in [5, 5.41) is 7.59. The molecule has 3 heterocycles. The smallest absolute Gasteiger partial charge is 0.244 e. The molecule has 1 amide bonds. The monoisotopic (exact) mass is 441 g/mol. The quantitative estimate of drug-likeness (QED) is 0.447. The number of nitrogens with zero attached hydrogens (tertiary/aromatic N) is 4. The number of para-hydroxylation sites is 1. The zero-order valence-corrected chi connectivity index (χ0v) is 18.1. The molecule has 1 aliphatic rings. The second kappa shape index (κ2) is 9.24. The molecule has 2 aromatic carbocycles. The van der Waals surface area contributed by atoms with Crippen molar-refractivity contribution >= 4 is 12.0 Å². The van der Waals surface area contributed by atoms with Crippen molar-refractivity contribution in [2.75, 3.05) is 0 Å². The van der Waals surface area contributed by atoms with Gasteiger partial charge in [0.2, 0.25) is 5.91 Å². The van der Waals surface area contributed by atoms with Gasteiger partial charge in [-0.05, 0) is 55.3 Å². The van der Waals surface area contributed by atoms with E-state index in [0.717, 1.165) is 41.3 Å². The van der Waals surface area contributed by atoms with E-state index in [4.69, 9.17) is 0 Å². The molecule has 0 atom stereocenters. The van der Waals surface area contributed by atoms with Crippen LogP contribution in [0.5, 0.6) is 0 Å². The van der Waals surface area contributed by atoms with Crippen molar-refractivity contribution in [3.05, 3.63) is 96.0 Å². The molecule has 33 heavy (non-hydrogen) atoms. The van der Waals surface area contributed by atoms with E-state index < -0.39 is 0 Å². The minimum atomic E-state index is -0.307. The first-order valence-corrected chi connectivity index (χ1v) is 11.1. The predicted octanol–water partition coefficient (Wildman–Crippen LogP) is 4.54. The van der Waals surface area contributed by atoms with Gasteiger partial charge in [-0.25, -0.2) is 14.1 Å². The Balaban J connectivity index is 1.34. The summed E-state index contributed by atoms with van der Waals surface area (Å²) in [6.45, 7) is 1.38. The lowest BCUT2D eigenvalue weighted by molar-refractivity contribution is -0.116. The van der Waals surface area contributed by atoms with Crippen molar-refractivity contribution in [3.8, 4) is 16.9 Å². The molecule has 0 bridgehead atoms. The zero-order chi connectivity index (χ0) is 22.6. The van der Waals surface area contributed by atoms with Crippen LogP contribution >= 0.6 is 0 Å². The van der Waals surface area contributed by atoms with Gasteiger partial charge < -0.3 is 9.88 Å². The van der Waals surface area contributed by atoms with Gasteiger partial charge in [-0.2, -0.15) is 5.10 Å². The maximum atomic E-state index is 13.4. The fourth-order valence-corrected chi connectivity index (χ4v) is 4.01. The first-order valence-electron chi connectivity index (χ1n) is 11.1. The average Bonchev–Trinajstić information content (AvgIpc) is 3.46.